The lowest BCUT2D eigenvalue weighted by Gasteiger charge is -2.08. The Bertz CT molecular complexity index is 273. The van der Waals surface area contributed by atoms with E-state index < -0.39 is 0 Å². The summed E-state index contributed by atoms with van der Waals surface area (Å²) in [5.41, 5.74) is 6.93. The second-order valence-electron chi connectivity index (χ2n) is 2.68. The topological polar surface area (TPSA) is 26.0 Å². The summed E-state index contributed by atoms with van der Waals surface area (Å²) in [4.78, 5) is 1.26. The third-order valence-electron chi connectivity index (χ3n) is 1.70. The van der Waals surface area contributed by atoms with E-state index in [0.717, 1.165) is 10.0 Å². The predicted molar refractivity (Wildman–Crippen MR) is 58.5 cm³/mol. The van der Waals surface area contributed by atoms with Crippen molar-refractivity contribution in [1.82, 2.24) is 0 Å². The first kappa shape index (κ1) is 10.1. The van der Waals surface area contributed by atoms with Gasteiger partial charge in [-0.25, -0.2) is 0 Å². The van der Waals surface area contributed by atoms with Crippen molar-refractivity contribution >= 4 is 27.7 Å². The molecule has 0 aliphatic heterocycles. The molecule has 1 rings (SSSR count). The zero-order valence-electron chi connectivity index (χ0n) is 7.17. The molecule has 12 heavy (non-hydrogen) atoms. The Morgan fingerprint density at radius 1 is 1.50 bits per heavy atom. The first-order valence-corrected chi connectivity index (χ1v) is 5.76. The summed E-state index contributed by atoms with van der Waals surface area (Å²) in [5.74, 6) is 0. The van der Waals surface area contributed by atoms with Crippen LogP contribution in [0.25, 0.3) is 0 Å². The standard InChI is InChI=1S/C9H12BrNS/c1-6(11)8-4-3-7(12-2)5-9(8)10/h3-6H,11H2,1-2H3/t6-/m1/s1. The van der Waals surface area contributed by atoms with Crippen molar-refractivity contribution in [2.45, 2.75) is 17.9 Å². The van der Waals surface area contributed by atoms with E-state index in [1.807, 2.05) is 6.92 Å². The maximum atomic E-state index is 5.77. The van der Waals surface area contributed by atoms with Crippen LogP contribution in [0.15, 0.2) is 27.6 Å². The summed E-state index contributed by atoms with van der Waals surface area (Å²) < 4.78 is 1.10. The van der Waals surface area contributed by atoms with Crippen molar-refractivity contribution in [2.75, 3.05) is 6.26 Å². The molecule has 0 unspecified atom stereocenters. The molecule has 1 aromatic rings. The number of halogens is 1. The third kappa shape index (κ3) is 2.25. The molecule has 3 heteroatoms. The lowest BCUT2D eigenvalue weighted by molar-refractivity contribution is 0.811. The van der Waals surface area contributed by atoms with Gasteiger partial charge in [-0.3, -0.25) is 0 Å². The molecule has 0 saturated carbocycles. The Labute approximate surface area is 85.9 Å². The fourth-order valence-corrected chi connectivity index (χ4v) is 2.34. The van der Waals surface area contributed by atoms with Gasteiger partial charge >= 0.3 is 0 Å². The summed E-state index contributed by atoms with van der Waals surface area (Å²) in [7, 11) is 0. The van der Waals surface area contributed by atoms with Gasteiger partial charge in [0.25, 0.3) is 0 Å². The normalized spacial score (nSPS) is 13.0. The van der Waals surface area contributed by atoms with Crippen molar-refractivity contribution in [1.29, 1.82) is 0 Å². The molecular weight excluding hydrogens is 234 g/mol. The summed E-state index contributed by atoms with van der Waals surface area (Å²) in [6, 6.07) is 6.35. The molecule has 0 aromatic heterocycles. The van der Waals surface area contributed by atoms with Crippen molar-refractivity contribution in [3.63, 3.8) is 0 Å². The highest BCUT2D eigenvalue weighted by molar-refractivity contribution is 9.10. The van der Waals surface area contributed by atoms with Gasteiger partial charge in [-0.1, -0.05) is 22.0 Å². The zero-order chi connectivity index (χ0) is 9.14. The lowest BCUT2D eigenvalue weighted by atomic mass is 10.1. The number of rotatable bonds is 2. The van der Waals surface area contributed by atoms with Gasteiger partial charge < -0.3 is 5.73 Å². The minimum absolute atomic E-state index is 0.0929. The van der Waals surface area contributed by atoms with Gasteiger partial charge in [-0.05, 0) is 30.9 Å². The van der Waals surface area contributed by atoms with Gasteiger partial charge in [0.05, 0.1) is 0 Å². The molecule has 1 atom stereocenters. The molecular formula is C9H12BrNS. The Morgan fingerprint density at radius 2 is 2.17 bits per heavy atom. The maximum absolute atomic E-state index is 5.77. The predicted octanol–water partition coefficient (Wildman–Crippen LogP) is 3.19. The van der Waals surface area contributed by atoms with E-state index in [1.54, 1.807) is 11.8 Å². The Kier molecular flexibility index (Phi) is 3.62. The molecule has 1 nitrogen and oxygen atoms in total. The Morgan fingerprint density at radius 3 is 2.58 bits per heavy atom. The van der Waals surface area contributed by atoms with Crippen LogP contribution in [0.5, 0.6) is 0 Å². The molecule has 66 valence electrons. The SMILES string of the molecule is CSc1ccc([C@@H](C)N)c(Br)c1. The lowest BCUT2D eigenvalue weighted by Crippen LogP contribution is -2.05. The van der Waals surface area contributed by atoms with Crippen LogP contribution in [0.4, 0.5) is 0 Å². The van der Waals surface area contributed by atoms with Crippen LogP contribution < -0.4 is 5.73 Å². The molecule has 0 spiro atoms. The van der Waals surface area contributed by atoms with Crippen molar-refractivity contribution < 1.29 is 0 Å². The summed E-state index contributed by atoms with van der Waals surface area (Å²) in [5, 5.41) is 0. The Balaban J connectivity index is 3.03. The molecule has 0 radical (unpaired) electrons. The zero-order valence-corrected chi connectivity index (χ0v) is 9.58. The van der Waals surface area contributed by atoms with Crippen molar-refractivity contribution in [3.8, 4) is 0 Å². The second-order valence-corrected chi connectivity index (χ2v) is 4.41. The first-order valence-electron chi connectivity index (χ1n) is 3.74. The van der Waals surface area contributed by atoms with Gasteiger partial charge in [0.15, 0.2) is 0 Å². The van der Waals surface area contributed by atoms with Crippen molar-refractivity contribution in [2.24, 2.45) is 5.73 Å². The minimum Gasteiger partial charge on any atom is -0.324 e. The van der Waals surface area contributed by atoms with E-state index in [2.05, 4.69) is 40.4 Å². The van der Waals surface area contributed by atoms with Gasteiger partial charge in [-0.2, -0.15) is 0 Å². The van der Waals surface area contributed by atoms with Gasteiger partial charge in [0.1, 0.15) is 0 Å². The highest BCUT2D eigenvalue weighted by atomic mass is 79.9. The Hall–Kier alpha value is 0.01000. The number of hydrogen-bond acceptors (Lipinski definition) is 2. The molecule has 0 bridgehead atoms. The fraction of sp³-hybridized carbons (Fsp3) is 0.333. The number of nitrogens with two attached hydrogens (primary N) is 1. The minimum atomic E-state index is 0.0929. The number of benzene rings is 1. The smallest absolute Gasteiger partial charge is 0.0277 e. The van der Waals surface area contributed by atoms with Gasteiger partial charge in [0.2, 0.25) is 0 Å². The molecule has 0 amide bonds. The first-order chi connectivity index (χ1) is 5.65. The van der Waals surface area contributed by atoms with Crippen LogP contribution >= 0.6 is 27.7 Å². The summed E-state index contributed by atoms with van der Waals surface area (Å²) >= 11 is 5.23. The van der Waals surface area contributed by atoms with Crippen LogP contribution in [0, 0.1) is 0 Å². The molecule has 0 saturated heterocycles. The largest absolute Gasteiger partial charge is 0.324 e. The molecule has 0 aliphatic carbocycles. The summed E-state index contributed by atoms with van der Waals surface area (Å²) in [6.07, 6.45) is 2.06. The molecule has 0 fully saturated rings. The molecule has 0 heterocycles. The van der Waals surface area contributed by atoms with E-state index in [1.165, 1.54) is 4.90 Å². The fourth-order valence-electron chi connectivity index (χ4n) is 1.00. The average molecular weight is 246 g/mol. The van der Waals surface area contributed by atoms with Crippen LogP contribution in [0.3, 0.4) is 0 Å². The molecule has 0 aliphatic rings. The van der Waals surface area contributed by atoms with E-state index in [4.69, 9.17) is 5.73 Å². The van der Waals surface area contributed by atoms with Crippen LogP contribution in [-0.4, -0.2) is 6.26 Å². The van der Waals surface area contributed by atoms with Crippen LogP contribution in [-0.2, 0) is 0 Å². The highest BCUT2D eigenvalue weighted by Crippen LogP contribution is 2.26. The van der Waals surface area contributed by atoms with E-state index >= 15 is 0 Å². The number of thioether (sulfide) groups is 1. The van der Waals surface area contributed by atoms with Crippen LogP contribution in [0.1, 0.15) is 18.5 Å². The van der Waals surface area contributed by atoms with Crippen LogP contribution in [0.2, 0.25) is 0 Å². The van der Waals surface area contributed by atoms with E-state index in [9.17, 15) is 0 Å². The van der Waals surface area contributed by atoms with Gasteiger partial charge in [-0.15, -0.1) is 11.8 Å². The van der Waals surface area contributed by atoms with Crippen molar-refractivity contribution in [3.05, 3.63) is 28.2 Å². The van der Waals surface area contributed by atoms with E-state index in [-0.39, 0.29) is 6.04 Å². The monoisotopic (exact) mass is 245 g/mol. The third-order valence-corrected chi connectivity index (χ3v) is 3.11. The van der Waals surface area contributed by atoms with Gasteiger partial charge in [0, 0.05) is 15.4 Å². The number of hydrogen-bond donors (Lipinski definition) is 1. The highest BCUT2D eigenvalue weighted by Gasteiger charge is 2.04. The van der Waals surface area contributed by atoms with E-state index in [0.29, 0.717) is 0 Å². The quantitative estimate of drug-likeness (QED) is 0.811. The maximum Gasteiger partial charge on any atom is 0.0277 e. The second kappa shape index (κ2) is 4.30. The molecule has 1 aromatic carbocycles. The summed E-state index contributed by atoms with van der Waals surface area (Å²) in [6.45, 7) is 1.98. The average Bonchev–Trinajstić information content (AvgIpc) is 2.03. The molecule has 2 N–H and O–H groups in total.